The second-order valence-corrected chi connectivity index (χ2v) is 5.12. The van der Waals surface area contributed by atoms with Crippen LogP contribution in [0.25, 0.3) is 0 Å². The van der Waals surface area contributed by atoms with Crippen molar-refractivity contribution in [2.24, 2.45) is 5.41 Å². The van der Waals surface area contributed by atoms with Crippen molar-refractivity contribution in [3.05, 3.63) is 18.0 Å². The largest absolute Gasteiger partial charge is 0.396 e. The van der Waals surface area contributed by atoms with E-state index in [0.717, 1.165) is 32.5 Å². The summed E-state index contributed by atoms with van der Waals surface area (Å²) in [5.41, 5.74) is 1.65. The Morgan fingerprint density at radius 2 is 2.35 bits per heavy atom. The molecule has 0 saturated heterocycles. The van der Waals surface area contributed by atoms with Crippen LogP contribution in [0.3, 0.4) is 0 Å². The van der Waals surface area contributed by atoms with Crippen molar-refractivity contribution in [3.63, 3.8) is 0 Å². The van der Waals surface area contributed by atoms with E-state index in [1.807, 2.05) is 6.20 Å². The van der Waals surface area contributed by atoms with Gasteiger partial charge in [-0.15, -0.1) is 0 Å². The molecule has 4 nitrogen and oxygen atoms in total. The van der Waals surface area contributed by atoms with E-state index in [9.17, 15) is 0 Å². The van der Waals surface area contributed by atoms with Gasteiger partial charge in [0.15, 0.2) is 0 Å². The summed E-state index contributed by atoms with van der Waals surface area (Å²) in [6, 6.07) is 2.08. The molecule has 0 spiro atoms. The monoisotopic (exact) mass is 237 g/mol. The zero-order valence-electron chi connectivity index (χ0n) is 10.7. The predicted molar refractivity (Wildman–Crippen MR) is 67.6 cm³/mol. The zero-order chi connectivity index (χ0) is 12.1. The van der Waals surface area contributed by atoms with Crippen molar-refractivity contribution in [1.82, 2.24) is 15.1 Å². The molecule has 1 aromatic heterocycles. The van der Waals surface area contributed by atoms with Crippen LogP contribution in [-0.2, 0) is 13.1 Å². The number of hydrogen-bond acceptors (Lipinski definition) is 3. The van der Waals surface area contributed by atoms with Gasteiger partial charge in [-0.1, -0.05) is 6.92 Å². The Hall–Kier alpha value is -0.870. The number of nitrogens with zero attached hydrogens (tertiary/aromatic N) is 2. The third kappa shape index (κ3) is 3.30. The highest BCUT2D eigenvalue weighted by atomic mass is 16.3. The molecule has 0 aromatic carbocycles. The van der Waals surface area contributed by atoms with Crippen molar-refractivity contribution in [2.45, 2.75) is 45.7 Å². The predicted octanol–water partition coefficient (Wildman–Crippen LogP) is 1.55. The lowest BCUT2D eigenvalue weighted by atomic mass is 10.0. The fraction of sp³-hybridized carbons (Fsp3) is 0.769. The first kappa shape index (κ1) is 12.6. The quantitative estimate of drug-likeness (QED) is 0.721. The molecule has 0 bridgehead atoms. The van der Waals surface area contributed by atoms with E-state index in [2.05, 4.69) is 28.1 Å². The number of rotatable bonds is 8. The van der Waals surface area contributed by atoms with Gasteiger partial charge in [0.1, 0.15) is 0 Å². The molecule has 0 unspecified atom stereocenters. The molecule has 1 aliphatic carbocycles. The first-order valence-corrected chi connectivity index (χ1v) is 6.62. The van der Waals surface area contributed by atoms with E-state index >= 15 is 0 Å². The maximum atomic E-state index is 9.00. The Morgan fingerprint density at radius 3 is 3.00 bits per heavy atom. The standard InChI is InChI=1S/C13H23N3O/c1-2-8-16-12(3-7-15-16)10-14-11-13(4-5-13)6-9-17/h3,7,14,17H,2,4-6,8-11H2,1H3. The second-order valence-electron chi connectivity index (χ2n) is 5.12. The van der Waals surface area contributed by atoms with Gasteiger partial charge in [-0.2, -0.15) is 5.10 Å². The van der Waals surface area contributed by atoms with Crippen molar-refractivity contribution in [3.8, 4) is 0 Å². The molecular formula is C13H23N3O. The number of aliphatic hydroxyl groups excluding tert-OH is 1. The molecule has 1 fully saturated rings. The van der Waals surface area contributed by atoms with Gasteiger partial charge < -0.3 is 10.4 Å². The maximum absolute atomic E-state index is 9.00. The fourth-order valence-corrected chi connectivity index (χ4v) is 2.31. The number of nitrogens with one attached hydrogen (secondary N) is 1. The number of aryl methyl sites for hydroxylation is 1. The molecule has 2 N–H and O–H groups in total. The summed E-state index contributed by atoms with van der Waals surface area (Å²) in [7, 11) is 0. The van der Waals surface area contributed by atoms with E-state index in [-0.39, 0.29) is 0 Å². The average molecular weight is 237 g/mol. The first-order chi connectivity index (χ1) is 8.29. The number of aromatic nitrogens is 2. The van der Waals surface area contributed by atoms with Gasteiger partial charge in [0.25, 0.3) is 0 Å². The summed E-state index contributed by atoms with van der Waals surface area (Å²) in [5.74, 6) is 0. The van der Waals surface area contributed by atoms with Gasteiger partial charge >= 0.3 is 0 Å². The molecule has 17 heavy (non-hydrogen) atoms. The SMILES string of the molecule is CCCn1nccc1CNCC1(CCO)CC1. The van der Waals surface area contributed by atoms with Crippen molar-refractivity contribution in [1.29, 1.82) is 0 Å². The molecule has 96 valence electrons. The molecule has 1 heterocycles. The Morgan fingerprint density at radius 1 is 1.53 bits per heavy atom. The third-order valence-corrected chi connectivity index (χ3v) is 3.65. The Balaban J connectivity index is 1.76. The fourth-order valence-electron chi connectivity index (χ4n) is 2.31. The second kappa shape index (κ2) is 5.65. The molecule has 1 aliphatic rings. The van der Waals surface area contributed by atoms with Gasteiger partial charge in [0.05, 0.1) is 5.69 Å². The highest BCUT2D eigenvalue weighted by molar-refractivity contribution is 5.01. The summed E-state index contributed by atoms with van der Waals surface area (Å²) in [6.45, 7) is 5.37. The van der Waals surface area contributed by atoms with Crippen molar-refractivity contribution >= 4 is 0 Å². The van der Waals surface area contributed by atoms with Crippen LogP contribution >= 0.6 is 0 Å². The number of hydrogen-bond donors (Lipinski definition) is 2. The minimum atomic E-state index is 0.315. The summed E-state index contributed by atoms with van der Waals surface area (Å²) >= 11 is 0. The van der Waals surface area contributed by atoms with Crippen LogP contribution in [-0.4, -0.2) is 28.0 Å². The summed E-state index contributed by atoms with van der Waals surface area (Å²) in [5, 5.41) is 16.8. The van der Waals surface area contributed by atoms with E-state index in [1.165, 1.54) is 18.5 Å². The minimum Gasteiger partial charge on any atom is -0.396 e. The Kier molecular flexibility index (Phi) is 4.18. The van der Waals surface area contributed by atoms with Crippen LogP contribution in [0.2, 0.25) is 0 Å². The summed E-state index contributed by atoms with van der Waals surface area (Å²) in [6.07, 6.45) is 6.44. The third-order valence-electron chi connectivity index (χ3n) is 3.65. The van der Waals surface area contributed by atoms with Gasteiger partial charge in [-0.3, -0.25) is 4.68 Å². The Bertz CT molecular complexity index is 344. The molecule has 0 amide bonds. The number of aliphatic hydroxyl groups is 1. The molecule has 2 rings (SSSR count). The first-order valence-electron chi connectivity index (χ1n) is 6.62. The minimum absolute atomic E-state index is 0.315. The smallest absolute Gasteiger partial charge is 0.0522 e. The van der Waals surface area contributed by atoms with E-state index in [4.69, 9.17) is 5.11 Å². The van der Waals surface area contributed by atoms with E-state index < -0.39 is 0 Å². The highest BCUT2D eigenvalue weighted by Gasteiger charge is 2.41. The van der Waals surface area contributed by atoms with Gasteiger partial charge in [-0.25, -0.2) is 0 Å². The summed E-state index contributed by atoms with van der Waals surface area (Å²) < 4.78 is 2.07. The molecule has 1 aromatic rings. The van der Waals surface area contributed by atoms with E-state index in [1.54, 1.807) is 0 Å². The highest BCUT2D eigenvalue weighted by Crippen LogP contribution is 2.47. The molecular weight excluding hydrogens is 214 g/mol. The van der Waals surface area contributed by atoms with Crippen LogP contribution < -0.4 is 5.32 Å². The van der Waals surface area contributed by atoms with Crippen LogP contribution in [0, 0.1) is 5.41 Å². The zero-order valence-corrected chi connectivity index (χ0v) is 10.7. The lowest BCUT2D eigenvalue weighted by molar-refractivity contribution is 0.245. The average Bonchev–Trinajstić information content (AvgIpc) is 2.93. The molecule has 0 atom stereocenters. The lowest BCUT2D eigenvalue weighted by Gasteiger charge is -2.15. The van der Waals surface area contributed by atoms with E-state index in [0.29, 0.717) is 12.0 Å². The van der Waals surface area contributed by atoms with Gasteiger partial charge in [0, 0.05) is 32.4 Å². The van der Waals surface area contributed by atoms with Gasteiger partial charge in [0.2, 0.25) is 0 Å². The maximum Gasteiger partial charge on any atom is 0.0522 e. The van der Waals surface area contributed by atoms with Crippen LogP contribution in [0.5, 0.6) is 0 Å². The molecule has 1 saturated carbocycles. The van der Waals surface area contributed by atoms with Crippen LogP contribution in [0.1, 0.15) is 38.3 Å². The van der Waals surface area contributed by atoms with Crippen molar-refractivity contribution in [2.75, 3.05) is 13.2 Å². The van der Waals surface area contributed by atoms with Crippen LogP contribution in [0.4, 0.5) is 0 Å². The molecule has 0 aliphatic heterocycles. The van der Waals surface area contributed by atoms with Crippen LogP contribution in [0.15, 0.2) is 12.3 Å². The van der Waals surface area contributed by atoms with Gasteiger partial charge in [-0.05, 0) is 37.2 Å². The normalized spacial score (nSPS) is 17.3. The lowest BCUT2D eigenvalue weighted by Crippen LogP contribution is -2.25. The summed E-state index contributed by atoms with van der Waals surface area (Å²) in [4.78, 5) is 0. The van der Waals surface area contributed by atoms with Crippen molar-refractivity contribution < 1.29 is 5.11 Å². The molecule has 0 radical (unpaired) electrons. The topological polar surface area (TPSA) is 50.1 Å². The Labute approximate surface area is 103 Å². The molecule has 4 heteroatoms.